The van der Waals surface area contributed by atoms with E-state index in [0.29, 0.717) is 30.1 Å². The number of hydrogen-bond acceptors (Lipinski definition) is 6. The van der Waals surface area contributed by atoms with Crippen LogP contribution < -0.4 is 10.2 Å². The number of aromatic nitrogens is 3. The van der Waals surface area contributed by atoms with Crippen LogP contribution in [-0.4, -0.2) is 27.2 Å². The van der Waals surface area contributed by atoms with Crippen molar-refractivity contribution in [2.45, 2.75) is 25.6 Å². The van der Waals surface area contributed by atoms with Gasteiger partial charge in [-0.05, 0) is 66.8 Å². The lowest BCUT2D eigenvalue weighted by molar-refractivity contribution is -0.137. The smallest absolute Gasteiger partial charge is 0.416 e. The molecule has 0 amide bonds. The summed E-state index contributed by atoms with van der Waals surface area (Å²) in [5.74, 6) is 0.366. The van der Waals surface area contributed by atoms with Gasteiger partial charge in [-0.3, -0.25) is 9.83 Å². The number of amidine groups is 1. The van der Waals surface area contributed by atoms with Gasteiger partial charge < -0.3 is 9.30 Å². The zero-order chi connectivity index (χ0) is 24.6. The third-order valence-corrected chi connectivity index (χ3v) is 5.75. The van der Waals surface area contributed by atoms with Gasteiger partial charge in [-0.15, -0.1) is 5.10 Å². The Morgan fingerprint density at radius 1 is 1.09 bits per heavy atom. The van der Waals surface area contributed by atoms with Crippen molar-refractivity contribution in [3.63, 3.8) is 0 Å². The van der Waals surface area contributed by atoms with Crippen LogP contribution >= 0.6 is 0 Å². The molecule has 1 aliphatic rings. The predicted octanol–water partition coefficient (Wildman–Crippen LogP) is 5.50. The minimum atomic E-state index is -4.49. The molecule has 0 bridgehead atoms. The molecule has 35 heavy (non-hydrogen) atoms. The topological polar surface area (TPSA) is 73.6 Å². The molecule has 0 unspecified atom stereocenters. The van der Waals surface area contributed by atoms with Gasteiger partial charge in [-0.2, -0.15) is 18.3 Å². The number of hydrogen-bond donors (Lipinski definition) is 1. The lowest BCUT2D eigenvalue weighted by Crippen LogP contribution is -2.24. The second kappa shape index (κ2) is 9.03. The third kappa shape index (κ3) is 4.83. The van der Waals surface area contributed by atoms with Gasteiger partial charge in [0, 0.05) is 18.8 Å². The number of benzene rings is 2. The fraction of sp³-hybridized carbons (Fsp3) is 0.240. The standard InChI is InChI=1S/C25H22F3N5O2/c1-15-12-20(24(31-30-15)35-19-5-3-4-18(14-19)25(26,27)28)23-29-21(9-11-34-32-23)16-6-7-22-17(13-16)8-10-33(22)2/h3-8,10,12-14,21H,9,11H2,1-2H3,(H,29,32)/t21-/m1/s1. The second-order valence-electron chi connectivity index (χ2n) is 8.31. The maximum absolute atomic E-state index is 13.1. The van der Waals surface area contributed by atoms with Gasteiger partial charge in [-0.1, -0.05) is 12.1 Å². The molecule has 0 aliphatic carbocycles. The van der Waals surface area contributed by atoms with Gasteiger partial charge >= 0.3 is 6.18 Å². The normalized spacial score (nSPS) is 16.5. The quantitative estimate of drug-likeness (QED) is 0.417. The highest BCUT2D eigenvalue weighted by Gasteiger charge is 2.31. The average molecular weight is 481 g/mol. The van der Waals surface area contributed by atoms with Crippen molar-refractivity contribution in [3.8, 4) is 11.6 Å². The predicted molar refractivity (Wildman–Crippen MR) is 124 cm³/mol. The molecule has 1 N–H and O–H groups in total. The molecule has 2 aromatic heterocycles. The lowest BCUT2D eigenvalue weighted by atomic mass is 10.0. The molecule has 0 saturated carbocycles. The van der Waals surface area contributed by atoms with Gasteiger partial charge in [-0.25, -0.2) is 5.48 Å². The largest absolute Gasteiger partial charge is 0.437 e. The van der Waals surface area contributed by atoms with Crippen molar-refractivity contribution < 1.29 is 22.7 Å². The van der Waals surface area contributed by atoms with Gasteiger partial charge in [0.05, 0.1) is 29.5 Å². The van der Waals surface area contributed by atoms with Crippen LogP contribution in [0.25, 0.3) is 10.9 Å². The van der Waals surface area contributed by atoms with Crippen LogP contribution in [0.15, 0.2) is 65.8 Å². The summed E-state index contributed by atoms with van der Waals surface area (Å²) in [4.78, 5) is 10.5. The van der Waals surface area contributed by atoms with Gasteiger partial charge in [0.1, 0.15) is 5.75 Å². The van der Waals surface area contributed by atoms with Crippen molar-refractivity contribution in [1.29, 1.82) is 0 Å². The molecule has 2 aromatic carbocycles. The SMILES string of the molecule is Cc1cc(C2=N[C@@H](c3ccc4c(ccn4C)c3)CCON2)c(Oc2cccc(C(F)(F)F)c2)nn1. The molecule has 0 radical (unpaired) electrons. The Hall–Kier alpha value is -3.92. The number of halogens is 3. The summed E-state index contributed by atoms with van der Waals surface area (Å²) in [6.45, 7) is 2.16. The number of aliphatic imine (C=N–C) groups is 1. The first kappa shape index (κ1) is 22.9. The van der Waals surface area contributed by atoms with Gasteiger partial charge in [0.25, 0.3) is 0 Å². The molecule has 10 heteroatoms. The van der Waals surface area contributed by atoms with E-state index in [-0.39, 0.29) is 17.7 Å². The van der Waals surface area contributed by atoms with Crippen LogP contribution in [0, 0.1) is 6.92 Å². The Morgan fingerprint density at radius 2 is 1.94 bits per heavy atom. The minimum absolute atomic E-state index is 0.0135. The first-order valence-electron chi connectivity index (χ1n) is 11.0. The Morgan fingerprint density at radius 3 is 2.77 bits per heavy atom. The fourth-order valence-electron chi connectivity index (χ4n) is 3.98. The lowest BCUT2D eigenvalue weighted by Gasteiger charge is -2.15. The Kier molecular flexibility index (Phi) is 5.89. The zero-order valence-corrected chi connectivity index (χ0v) is 19.0. The molecule has 5 rings (SSSR count). The zero-order valence-electron chi connectivity index (χ0n) is 19.0. The van der Waals surface area contributed by atoms with Crippen LogP contribution in [0.5, 0.6) is 11.6 Å². The summed E-state index contributed by atoms with van der Waals surface area (Å²) in [5, 5.41) is 9.20. The van der Waals surface area contributed by atoms with E-state index in [1.165, 1.54) is 12.1 Å². The number of ether oxygens (including phenoxy) is 1. The number of hydroxylamine groups is 1. The Balaban J connectivity index is 1.51. The van der Waals surface area contributed by atoms with Crippen LogP contribution in [-0.2, 0) is 18.1 Å². The molecule has 7 nitrogen and oxygen atoms in total. The van der Waals surface area contributed by atoms with E-state index in [4.69, 9.17) is 14.6 Å². The number of fused-ring (bicyclic) bond motifs is 1. The summed E-state index contributed by atoms with van der Waals surface area (Å²) < 4.78 is 47.2. The van der Waals surface area contributed by atoms with Gasteiger partial charge in [0.2, 0.25) is 5.88 Å². The maximum atomic E-state index is 13.1. The van der Waals surface area contributed by atoms with E-state index >= 15 is 0 Å². The highest BCUT2D eigenvalue weighted by molar-refractivity contribution is 6.00. The van der Waals surface area contributed by atoms with Crippen LogP contribution in [0.2, 0.25) is 0 Å². The van der Waals surface area contributed by atoms with Crippen molar-refractivity contribution in [2.24, 2.45) is 12.0 Å². The van der Waals surface area contributed by atoms with E-state index in [1.807, 2.05) is 29.9 Å². The monoisotopic (exact) mass is 481 g/mol. The molecule has 1 atom stereocenters. The summed E-state index contributed by atoms with van der Waals surface area (Å²) >= 11 is 0. The molecule has 180 valence electrons. The van der Waals surface area contributed by atoms with E-state index in [1.54, 1.807) is 13.0 Å². The highest BCUT2D eigenvalue weighted by Crippen LogP contribution is 2.34. The Bertz CT molecular complexity index is 1410. The summed E-state index contributed by atoms with van der Waals surface area (Å²) in [6.07, 6.45) is -1.85. The second-order valence-corrected chi connectivity index (χ2v) is 8.31. The van der Waals surface area contributed by atoms with Crippen molar-refractivity contribution in [3.05, 3.63) is 83.2 Å². The van der Waals surface area contributed by atoms with Crippen molar-refractivity contribution >= 4 is 16.7 Å². The molecule has 0 saturated heterocycles. The Labute approximate surface area is 199 Å². The molecule has 0 spiro atoms. The molecular formula is C25H22F3N5O2. The summed E-state index contributed by atoms with van der Waals surface area (Å²) in [7, 11) is 1.99. The van der Waals surface area contributed by atoms with E-state index in [0.717, 1.165) is 28.6 Å². The van der Waals surface area contributed by atoms with Crippen LogP contribution in [0.3, 0.4) is 0 Å². The highest BCUT2D eigenvalue weighted by atomic mass is 19.4. The number of alkyl halides is 3. The fourth-order valence-corrected chi connectivity index (χ4v) is 3.98. The maximum Gasteiger partial charge on any atom is 0.416 e. The van der Waals surface area contributed by atoms with Crippen LogP contribution in [0.4, 0.5) is 13.2 Å². The van der Waals surface area contributed by atoms with E-state index in [9.17, 15) is 13.2 Å². The van der Waals surface area contributed by atoms with Crippen LogP contribution in [0.1, 0.15) is 34.8 Å². The molecular weight excluding hydrogens is 459 g/mol. The number of nitrogens with one attached hydrogen (secondary N) is 1. The van der Waals surface area contributed by atoms with Gasteiger partial charge in [0.15, 0.2) is 5.84 Å². The first-order chi connectivity index (χ1) is 16.8. The molecule has 4 aromatic rings. The van der Waals surface area contributed by atoms with Crippen molar-refractivity contribution in [2.75, 3.05) is 6.61 Å². The first-order valence-corrected chi connectivity index (χ1v) is 11.0. The van der Waals surface area contributed by atoms with E-state index < -0.39 is 11.7 Å². The molecule has 0 fully saturated rings. The number of rotatable bonds is 4. The minimum Gasteiger partial charge on any atom is -0.437 e. The summed E-state index contributed by atoms with van der Waals surface area (Å²) in [6, 6.07) is 14.3. The molecule has 3 heterocycles. The van der Waals surface area contributed by atoms with E-state index in [2.05, 4.69) is 27.8 Å². The third-order valence-electron chi connectivity index (χ3n) is 5.75. The average Bonchev–Trinajstić information content (AvgIpc) is 3.04. The number of aryl methyl sites for hydroxylation is 2. The number of nitrogens with zero attached hydrogens (tertiary/aromatic N) is 4. The summed E-state index contributed by atoms with van der Waals surface area (Å²) in [5.41, 5.74) is 5.19. The van der Waals surface area contributed by atoms with Crippen molar-refractivity contribution in [1.82, 2.24) is 20.2 Å². The molecule has 1 aliphatic heterocycles.